The van der Waals surface area contributed by atoms with Gasteiger partial charge in [0.2, 0.25) is 0 Å². The van der Waals surface area contributed by atoms with Crippen LogP contribution in [0.3, 0.4) is 0 Å². The zero-order valence-electron chi connectivity index (χ0n) is 14.5. The van der Waals surface area contributed by atoms with E-state index < -0.39 is 0 Å². The first kappa shape index (κ1) is 16.1. The summed E-state index contributed by atoms with van der Waals surface area (Å²) in [6, 6.07) is 4.08. The molecule has 0 aliphatic carbocycles. The SMILES string of the molecule is Cc1cc(C)c2c(c1)[C@H](NC(=O)c1ncoc1[C@H]1CCCO1)CCO2. The first-order valence-electron chi connectivity index (χ1n) is 8.73. The van der Waals surface area contributed by atoms with Crippen molar-refractivity contribution in [1.82, 2.24) is 10.3 Å². The lowest BCUT2D eigenvalue weighted by Crippen LogP contribution is -2.33. The Balaban J connectivity index is 1.58. The predicted molar refractivity (Wildman–Crippen MR) is 90.7 cm³/mol. The summed E-state index contributed by atoms with van der Waals surface area (Å²) >= 11 is 0. The molecule has 0 bridgehead atoms. The summed E-state index contributed by atoms with van der Waals surface area (Å²) < 4.78 is 16.9. The molecule has 1 fully saturated rings. The summed E-state index contributed by atoms with van der Waals surface area (Å²) in [4.78, 5) is 16.9. The van der Waals surface area contributed by atoms with Crippen LogP contribution in [0.5, 0.6) is 5.75 Å². The summed E-state index contributed by atoms with van der Waals surface area (Å²) in [6.07, 6.45) is 3.70. The van der Waals surface area contributed by atoms with Crippen LogP contribution < -0.4 is 10.1 Å². The van der Waals surface area contributed by atoms with Gasteiger partial charge in [-0.3, -0.25) is 4.79 Å². The fourth-order valence-electron chi connectivity index (χ4n) is 3.69. The minimum Gasteiger partial charge on any atom is -0.493 e. The van der Waals surface area contributed by atoms with Gasteiger partial charge in [-0.05, 0) is 32.3 Å². The Morgan fingerprint density at radius 1 is 1.24 bits per heavy atom. The summed E-state index contributed by atoms with van der Waals surface area (Å²) in [7, 11) is 0. The number of carbonyl (C=O) groups excluding carboxylic acids is 1. The van der Waals surface area contributed by atoms with Gasteiger partial charge in [-0.25, -0.2) is 4.98 Å². The minimum absolute atomic E-state index is 0.0936. The fraction of sp³-hybridized carbons (Fsp3) is 0.474. The lowest BCUT2D eigenvalue weighted by Gasteiger charge is -2.28. The van der Waals surface area contributed by atoms with E-state index in [1.165, 1.54) is 6.39 Å². The molecule has 0 unspecified atom stereocenters. The van der Waals surface area contributed by atoms with Crippen LogP contribution in [-0.4, -0.2) is 24.1 Å². The average Bonchev–Trinajstić information content (AvgIpc) is 3.26. The second-order valence-corrected chi connectivity index (χ2v) is 6.73. The van der Waals surface area contributed by atoms with E-state index in [1.54, 1.807) is 0 Å². The number of nitrogens with zero attached hydrogens (tertiary/aromatic N) is 1. The molecule has 1 aromatic heterocycles. The molecule has 6 heteroatoms. The van der Waals surface area contributed by atoms with Crippen molar-refractivity contribution in [3.63, 3.8) is 0 Å². The predicted octanol–water partition coefficient (Wildman–Crippen LogP) is 3.40. The first-order valence-corrected chi connectivity index (χ1v) is 8.73. The molecule has 1 saturated heterocycles. The second kappa shape index (κ2) is 6.52. The lowest BCUT2D eigenvalue weighted by molar-refractivity contribution is 0.0846. The topological polar surface area (TPSA) is 73.6 Å². The number of rotatable bonds is 3. The molecule has 1 N–H and O–H groups in total. The van der Waals surface area contributed by atoms with Crippen molar-refractivity contribution in [1.29, 1.82) is 0 Å². The zero-order chi connectivity index (χ0) is 17.4. The van der Waals surface area contributed by atoms with Gasteiger partial charge < -0.3 is 19.2 Å². The molecule has 2 atom stereocenters. The lowest BCUT2D eigenvalue weighted by atomic mass is 9.95. The number of aromatic nitrogens is 1. The molecule has 1 amide bonds. The quantitative estimate of drug-likeness (QED) is 0.925. The van der Waals surface area contributed by atoms with Crippen LogP contribution in [0.4, 0.5) is 0 Å². The Labute approximate surface area is 146 Å². The Morgan fingerprint density at radius 3 is 2.92 bits per heavy atom. The highest BCUT2D eigenvalue weighted by atomic mass is 16.5. The average molecular weight is 342 g/mol. The van der Waals surface area contributed by atoms with Crippen LogP contribution >= 0.6 is 0 Å². The third-order valence-corrected chi connectivity index (χ3v) is 4.81. The number of hydrogen-bond acceptors (Lipinski definition) is 5. The third kappa shape index (κ3) is 3.02. The summed E-state index contributed by atoms with van der Waals surface area (Å²) in [6.45, 7) is 5.36. The van der Waals surface area contributed by atoms with Crippen LogP contribution in [-0.2, 0) is 4.74 Å². The van der Waals surface area contributed by atoms with E-state index in [2.05, 4.69) is 22.4 Å². The van der Waals surface area contributed by atoms with E-state index in [0.717, 1.165) is 41.7 Å². The summed E-state index contributed by atoms with van der Waals surface area (Å²) in [5, 5.41) is 3.10. The Morgan fingerprint density at radius 2 is 2.12 bits per heavy atom. The van der Waals surface area contributed by atoms with Gasteiger partial charge in [0.15, 0.2) is 17.8 Å². The molecule has 0 radical (unpaired) electrons. The monoisotopic (exact) mass is 342 g/mol. The minimum atomic E-state index is -0.226. The maximum atomic E-state index is 12.8. The molecular formula is C19H22N2O4. The molecule has 0 spiro atoms. The smallest absolute Gasteiger partial charge is 0.274 e. The number of nitrogens with one attached hydrogen (secondary N) is 1. The summed E-state index contributed by atoms with van der Waals surface area (Å²) in [5.74, 6) is 1.18. The largest absolute Gasteiger partial charge is 0.493 e. The van der Waals surface area contributed by atoms with Gasteiger partial charge >= 0.3 is 0 Å². The molecule has 0 saturated carbocycles. The van der Waals surface area contributed by atoms with Gasteiger partial charge in [0.05, 0.1) is 12.6 Å². The zero-order valence-corrected chi connectivity index (χ0v) is 14.5. The van der Waals surface area contributed by atoms with Crippen molar-refractivity contribution < 1.29 is 18.7 Å². The highest BCUT2D eigenvalue weighted by Crippen LogP contribution is 2.36. The standard InChI is InChI=1S/C19H22N2O4/c1-11-8-12(2)17-13(9-11)14(5-7-24-17)21-19(22)16-18(25-10-20-16)15-4-3-6-23-15/h8-10,14-15H,3-7H2,1-2H3,(H,21,22)/t14-,15-/m1/s1. The van der Waals surface area contributed by atoms with Gasteiger partial charge in [0.1, 0.15) is 11.9 Å². The molecular weight excluding hydrogens is 320 g/mol. The first-order chi connectivity index (χ1) is 12.1. The van der Waals surface area contributed by atoms with Crippen molar-refractivity contribution in [2.45, 2.75) is 45.3 Å². The summed E-state index contributed by atoms with van der Waals surface area (Å²) in [5.41, 5.74) is 3.60. The van der Waals surface area contributed by atoms with Gasteiger partial charge in [0, 0.05) is 18.6 Å². The van der Waals surface area contributed by atoms with E-state index in [0.29, 0.717) is 24.7 Å². The van der Waals surface area contributed by atoms with Gasteiger partial charge in [-0.15, -0.1) is 0 Å². The maximum absolute atomic E-state index is 12.8. The van der Waals surface area contributed by atoms with E-state index in [4.69, 9.17) is 13.9 Å². The van der Waals surface area contributed by atoms with E-state index in [9.17, 15) is 4.79 Å². The molecule has 1 aromatic carbocycles. The second-order valence-electron chi connectivity index (χ2n) is 6.73. The maximum Gasteiger partial charge on any atom is 0.274 e. The van der Waals surface area contributed by atoms with Gasteiger partial charge in [0.25, 0.3) is 5.91 Å². The van der Waals surface area contributed by atoms with Gasteiger partial charge in [-0.1, -0.05) is 17.7 Å². The molecule has 25 heavy (non-hydrogen) atoms. The number of ether oxygens (including phenoxy) is 2. The normalized spacial score (nSPS) is 22.3. The van der Waals surface area contributed by atoms with Crippen LogP contribution in [0.15, 0.2) is 22.9 Å². The Bertz CT molecular complexity index is 793. The van der Waals surface area contributed by atoms with Gasteiger partial charge in [-0.2, -0.15) is 0 Å². The number of aryl methyl sites for hydroxylation is 2. The number of carbonyl (C=O) groups is 1. The molecule has 6 nitrogen and oxygen atoms in total. The molecule has 2 aromatic rings. The van der Waals surface area contributed by atoms with Crippen LogP contribution in [0, 0.1) is 13.8 Å². The van der Waals surface area contributed by atoms with Crippen molar-refractivity contribution in [3.8, 4) is 5.75 Å². The van der Waals surface area contributed by atoms with Crippen LogP contribution in [0.25, 0.3) is 0 Å². The van der Waals surface area contributed by atoms with Crippen molar-refractivity contribution >= 4 is 5.91 Å². The number of hydrogen-bond donors (Lipinski definition) is 1. The third-order valence-electron chi connectivity index (χ3n) is 4.81. The van der Waals surface area contributed by atoms with E-state index >= 15 is 0 Å². The highest BCUT2D eigenvalue weighted by molar-refractivity contribution is 5.93. The van der Waals surface area contributed by atoms with Crippen LogP contribution in [0.2, 0.25) is 0 Å². The molecule has 4 rings (SSSR count). The number of oxazole rings is 1. The number of fused-ring (bicyclic) bond motifs is 1. The fourth-order valence-corrected chi connectivity index (χ4v) is 3.69. The molecule has 2 aliphatic rings. The highest BCUT2D eigenvalue weighted by Gasteiger charge is 2.31. The number of benzene rings is 1. The van der Waals surface area contributed by atoms with Crippen molar-refractivity contribution in [3.05, 3.63) is 46.7 Å². The molecule has 132 valence electrons. The number of amides is 1. The van der Waals surface area contributed by atoms with Crippen molar-refractivity contribution in [2.24, 2.45) is 0 Å². The molecule has 2 aliphatic heterocycles. The Kier molecular flexibility index (Phi) is 4.21. The van der Waals surface area contributed by atoms with E-state index in [1.807, 2.05) is 13.8 Å². The van der Waals surface area contributed by atoms with Crippen LogP contribution in [0.1, 0.15) is 64.3 Å². The van der Waals surface area contributed by atoms with E-state index in [-0.39, 0.29) is 18.1 Å². The molecule has 3 heterocycles. The van der Waals surface area contributed by atoms with Crippen molar-refractivity contribution in [2.75, 3.05) is 13.2 Å². The Hall–Kier alpha value is -2.34.